The highest BCUT2D eigenvalue weighted by Gasteiger charge is 2.29. The molecule has 1 aromatic rings. The Hall–Kier alpha value is -0.870. The maximum atomic E-state index is 11.5. The van der Waals surface area contributed by atoms with E-state index in [1.807, 2.05) is 0 Å². The summed E-state index contributed by atoms with van der Waals surface area (Å²) >= 11 is 0. The Kier molecular flexibility index (Phi) is 3.87. The molecule has 110 valence electrons. The molecule has 2 fully saturated rings. The van der Waals surface area contributed by atoms with Crippen molar-refractivity contribution < 1.29 is 8.42 Å². The Bertz CT molecular complexity index is 578. The molecule has 0 radical (unpaired) electrons. The molecule has 1 aliphatic carbocycles. The van der Waals surface area contributed by atoms with Gasteiger partial charge in [0.25, 0.3) is 0 Å². The molecule has 0 amide bonds. The summed E-state index contributed by atoms with van der Waals surface area (Å²) in [5.41, 5.74) is 8.87. The van der Waals surface area contributed by atoms with Crippen LogP contribution in [-0.2, 0) is 9.84 Å². The third-order valence-electron chi connectivity index (χ3n) is 4.83. The number of hydrogen-bond donors (Lipinski definition) is 1. The molecule has 3 rings (SSSR count). The lowest BCUT2D eigenvalue weighted by Gasteiger charge is -2.27. The van der Waals surface area contributed by atoms with Gasteiger partial charge in [-0.05, 0) is 48.6 Å². The Morgan fingerprint density at radius 3 is 2.65 bits per heavy atom. The van der Waals surface area contributed by atoms with Gasteiger partial charge in [-0.1, -0.05) is 30.7 Å². The molecule has 20 heavy (non-hydrogen) atoms. The molecule has 1 saturated heterocycles. The van der Waals surface area contributed by atoms with Crippen LogP contribution in [0.2, 0.25) is 0 Å². The fraction of sp³-hybridized carbons (Fsp3) is 0.625. The zero-order valence-electron chi connectivity index (χ0n) is 11.8. The monoisotopic (exact) mass is 293 g/mol. The van der Waals surface area contributed by atoms with Crippen LogP contribution in [-0.4, -0.2) is 19.9 Å². The zero-order valence-corrected chi connectivity index (χ0v) is 12.6. The number of nitrogens with two attached hydrogens (primary N) is 1. The van der Waals surface area contributed by atoms with Crippen LogP contribution in [0.5, 0.6) is 0 Å². The van der Waals surface area contributed by atoms with Crippen molar-refractivity contribution in [3.63, 3.8) is 0 Å². The van der Waals surface area contributed by atoms with Crippen LogP contribution in [0.15, 0.2) is 24.3 Å². The van der Waals surface area contributed by atoms with Gasteiger partial charge in [-0.2, -0.15) is 0 Å². The summed E-state index contributed by atoms with van der Waals surface area (Å²) in [7, 11) is -2.80. The van der Waals surface area contributed by atoms with E-state index in [9.17, 15) is 8.42 Å². The van der Waals surface area contributed by atoms with Crippen LogP contribution in [0.1, 0.15) is 55.2 Å². The standard InChI is InChI=1S/C16H23NO2S/c17-16(9-12-7-8-20(18,19)11-12)15-6-2-5-14(10-15)13-3-1-4-13/h2,5-6,10,12-13,16H,1,3-4,7-9,11,17H2. The van der Waals surface area contributed by atoms with Crippen molar-refractivity contribution in [1.82, 2.24) is 0 Å². The summed E-state index contributed by atoms with van der Waals surface area (Å²) < 4.78 is 23.0. The van der Waals surface area contributed by atoms with Crippen LogP contribution in [0.25, 0.3) is 0 Å². The lowest BCUT2D eigenvalue weighted by Crippen LogP contribution is -2.17. The molecular formula is C16H23NO2S. The molecule has 0 bridgehead atoms. The second-order valence-corrected chi connectivity index (χ2v) is 8.64. The van der Waals surface area contributed by atoms with Gasteiger partial charge in [0.2, 0.25) is 0 Å². The van der Waals surface area contributed by atoms with Crippen molar-refractivity contribution in [2.75, 3.05) is 11.5 Å². The Morgan fingerprint density at radius 1 is 1.25 bits per heavy atom. The molecule has 2 aliphatic rings. The number of benzene rings is 1. The number of hydrogen-bond acceptors (Lipinski definition) is 3. The summed E-state index contributed by atoms with van der Waals surface area (Å²) in [6.07, 6.45) is 5.48. The van der Waals surface area contributed by atoms with Gasteiger partial charge in [-0.15, -0.1) is 0 Å². The van der Waals surface area contributed by atoms with Gasteiger partial charge in [0, 0.05) is 6.04 Å². The van der Waals surface area contributed by atoms with E-state index >= 15 is 0 Å². The molecule has 3 nitrogen and oxygen atoms in total. The third-order valence-corrected chi connectivity index (χ3v) is 6.67. The summed E-state index contributed by atoms with van der Waals surface area (Å²) in [6.45, 7) is 0. The van der Waals surface area contributed by atoms with E-state index in [1.54, 1.807) is 0 Å². The van der Waals surface area contributed by atoms with Gasteiger partial charge >= 0.3 is 0 Å². The summed E-state index contributed by atoms with van der Waals surface area (Å²) in [5.74, 6) is 1.62. The average Bonchev–Trinajstić information content (AvgIpc) is 2.67. The highest BCUT2D eigenvalue weighted by Crippen LogP contribution is 2.37. The topological polar surface area (TPSA) is 60.2 Å². The van der Waals surface area contributed by atoms with Gasteiger partial charge in [-0.25, -0.2) is 8.42 Å². The minimum Gasteiger partial charge on any atom is -0.324 e. The van der Waals surface area contributed by atoms with E-state index < -0.39 is 9.84 Å². The van der Waals surface area contributed by atoms with E-state index in [0.717, 1.165) is 12.8 Å². The number of rotatable bonds is 4. The first-order valence-corrected chi connectivity index (χ1v) is 9.41. The Morgan fingerprint density at radius 2 is 2.05 bits per heavy atom. The largest absolute Gasteiger partial charge is 0.324 e. The van der Waals surface area contributed by atoms with Crippen molar-refractivity contribution in [2.45, 2.75) is 44.1 Å². The quantitative estimate of drug-likeness (QED) is 0.928. The zero-order chi connectivity index (χ0) is 14.2. The second kappa shape index (κ2) is 5.49. The van der Waals surface area contributed by atoms with Crippen molar-refractivity contribution in [3.05, 3.63) is 35.4 Å². The molecule has 2 unspecified atom stereocenters. The summed E-state index contributed by atoms with van der Waals surface area (Å²) in [5, 5.41) is 0. The molecule has 1 aliphatic heterocycles. The molecule has 0 spiro atoms. The van der Waals surface area contributed by atoms with Gasteiger partial charge < -0.3 is 5.73 Å². The second-order valence-electron chi connectivity index (χ2n) is 6.41. The van der Waals surface area contributed by atoms with Gasteiger partial charge in [0.1, 0.15) is 0 Å². The summed E-state index contributed by atoms with van der Waals surface area (Å²) in [6, 6.07) is 8.57. The van der Waals surface area contributed by atoms with Crippen molar-refractivity contribution in [2.24, 2.45) is 11.7 Å². The molecule has 1 saturated carbocycles. The highest BCUT2D eigenvalue weighted by molar-refractivity contribution is 7.91. The molecule has 2 atom stereocenters. The van der Waals surface area contributed by atoms with E-state index in [1.165, 1.54) is 30.4 Å². The number of sulfone groups is 1. The molecular weight excluding hydrogens is 270 g/mol. The smallest absolute Gasteiger partial charge is 0.150 e. The molecule has 2 N–H and O–H groups in total. The average molecular weight is 293 g/mol. The molecule has 0 aromatic heterocycles. The van der Waals surface area contributed by atoms with E-state index in [2.05, 4.69) is 24.3 Å². The predicted molar refractivity (Wildman–Crippen MR) is 81.3 cm³/mol. The van der Waals surface area contributed by atoms with Crippen molar-refractivity contribution in [1.29, 1.82) is 0 Å². The van der Waals surface area contributed by atoms with Crippen LogP contribution < -0.4 is 5.73 Å². The van der Waals surface area contributed by atoms with Gasteiger partial charge in [0.05, 0.1) is 11.5 Å². The minimum atomic E-state index is -2.80. The van der Waals surface area contributed by atoms with Crippen LogP contribution in [0.4, 0.5) is 0 Å². The molecule has 1 heterocycles. The predicted octanol–water partition coefficient (Wildman–Crippen LogP) is 2.78. The minimum absolute atomic E-state index is 0.0340. The first-order valence-electron chi connectivity index (χ1n) is 7.59. The first kappa shape index (κ1) is 14.1. The van der Waals surface area contributed by atoms with Crippen LogP contribution in [0, 0.1) is 5.92 Å². The van der Waals surface area contributed by atoms with E-state index in [-0.39, 0.29) is 12.0 Å². The maximum absolute atomic E-state index is 11.5. The van der Waals surface area contributed by atoms with Gasteiger partial charge in [-0.3, -0.25) is 0 Å². The lowest BCUT2D eigenvalue weighted by molar-refractivity contribution is 0.418. The van der Waals surface area contributed by atoms with Crippen LogP contribution in [0.3, 0.4) is 0 Å². The third kappa shape index (κ3) is 3.07. The van der Waals surface area contributed by atoms with E-state index in [4.69, 9.17) is 5.73 Å². The first-order chi connectivity index (χ1) is 9.53. The lowest BCUT2D eigenvalue weighted by atomic mass is 9.79. The summed E-state index contributed by atoms with van der Waals surface area (Å²) in [4.78, 5) is 0. The fourth-order valence-corrected chi connectivity index (χ4v) is 5.22. The maximum Gasteiger partial charge on any atom is 0.150 e. The molecule has 1 aromatic carbocycles. The SMILES string of the molecule is NC(CC1CCS(=O)(=O)C1)c1cccc(C2CCC2)c1. The normalized spacial score (nSPS) is 27.1. The Balaban J connectivity index is 1.66. The van der Waals surface area contributed by atoms with Crippen LogP contribution >= 0.6 is 0 Å². The van der Waals surface area contributed by atoms with Crippen molar-refractivity contribution in [3.8, 4) is 0 Å². The Labute approximate surface area is 121 Å². The fourth-order valence-electron chi connectivity index (χ4n) is 3.34. The van der Waals surface area contributed by atoms with E-state index in [0.29, 0.717) is 17.4 Å². The van der Waals surface area contributed by atoms with Gasteiger partial charge in [0.15, 0.2) is 9.84 Å². The molecule has 4 heteroatoms. The highest BCUT2D eigenvalue weighted by atomic mass is 32.2. The van der Waals surface area contributed by atoms with Crippen molar-refractivity contribution >= 4 is 9.84 Å².